The van der Waals surface area contributed by atoms with Crippen LogP contribution in [0.4, 0.5) is 0 Å². The lowest BCUT2D eigenvalue weighted by atomic mass is 10.1. The molecule has 17 heavy (non-hydrogen) atoms. The van der Waals surface area contributed by atoms with Crippen molar-refractivity contribution in [1.82, 2.24) is 4.90 Å². The fourth-order valence-electron chi connectivity index (χ4n) is 2.46. The van der Waals surface area contributed by atoms with Gasteiger partial charge in [-0.3, -0.25) is 0 Å². The maximum atomic E-state index is 11.6. The molecule has 0 bridgehead atoms. The lowest BCUT2D eigenvalue weighted by molar-refractivity contribution is -0.143. The van der Waals surface area contributed by atoms with Gasteiger partial charge in [0.1, 0.15) is 6.04 Å². The summed E-state index contributed by atoms with van der Waals surface area (Å²) in [5.41, 5.74) is 4.64. The molecule has 1 unspecified atom stereocenters. The SMILES string of the molecule is COC(=O)C1C=C2C(=Cc3ccccc32)N1C. The van der Waals surface area contributed by atoms with Crippen LogP contribution in [0.1, 0.15) is 11.1 Å². The minimum Gasteiger partial charge on any atom is -0.467 e. The summed E-state index contributed by atoms with van der Waals surface area (Å²) >= 11 is 0. The van der Waals surface area contributed by atoms with E-state index in [1.54, 1.807) is 0 Å². The van der Waals surface area contributed by atoms with Gasteiger partial charge in [-0.15, -0.1) is 0 Å². The number of methoxy groups -OCH3 is 1. The van der Waals surface area contributed by atoms with E-state index in [1.807, 2.05) is 30.2 Å². The second kappa shape index (κ2) is 3.48. The summed E-state index contributed by atoms with van der Waals surface area (Å²) in [6.45, 7) is 0. The van der Waals surface area contributed by atoms with Gasteiger partial charge in [0, 0.05) is 18.3 Å². The predicted molar refractivity (Wildman–Crippen MR) is 66.0 cm³/mol. The number of ether oxygens (including phenoxy) is 1. The first-order chi connectivity index (χ1) is 8.22. The molecule has 0 N–H and O–H groups in total. The van der Waals surface area contributed by atoms with Crippen LogP contribution in [-0.4, -0.2) is 31.1 Å². The zero-order valence-corrected chi connectivity index (χ0v) is 9.81. The molecular formula is C14H13NO2. The maximum absolute atomic E-state index is 11.6. The Balaban J connectivity index is 2.07. The van der Waals surface area contributed by atoms with Gasteiger partial charge in [-0.05, 0) is 23.3 Å². The molecule has 0 amide bonds. The first kappa shape index (κ1) is 10.1. The minimum atomic E-state index is -0.297. The fraction of sp³-hybridized carbons (Fsp3) is 0.214. The number of carbonyl (C=O) groups is 1. The average Bonchev–Trinajstić information content (AvgIpc) is 2.86. The first-order valence-corrected chi connectivity index (χ1v) is 5.56. The lowest BCUT2D eigenvalue weighted by Crippen LogP contribution is -2.33. The summed E-state index contributed by atoms with van der Waals surface area (Å²) in [6, 6.07) is 7.91. The van der Waals surface area contributed by atoms with E-state index in [2.05, 4.69) is 18.2 Å². The molecule has 3 nitrogen and oxygen atoms in total. The van der Waals surface area contributed by atoms with Gasteiger partial charge in [0.25, 0.3) is 0 Å². The number of fused-ring (bicyclic) bond motifs is 3. The van der Waals surface area contributed by atoms with Gasteiger partial charge < -0.3 is 9.64 Å². The van der Waals surface area contributed by atoms with Crippen molar-refractivity contribution in [3.8, 4) is 0 Å². The minimum absolute atomic E-state index is 0.215. The number of allylic oxidation sites excluding steroid dienone is 1. The van der Waals surface area contributed by atoms with Crippen LogP contribution in [0.3, 0.4) is 0 Å². The van der Waals surface area contributed by atoms with Gasteiger partial charge in [0.2, 0.25) is 0 Å². The summed E-state index contributed by atoms with van der Waals surface area (Å²) in [4.78, 5) is 13.6. The predicted octanol–water partition coefficient (Wildman–Crippen LogP) is 1.91. The molecule has 1 aromatic rings. The molecule has 1 aromatic carbocycles. The van der Waals surface area contributed by atoms with Crippen LogP contribution in [0.25, 0.3) is 11.6 Å². The van der Waals surface area contributed by atoms with Gasteiger partial charge >= 0.3 is 5.97 Å². The zero-order chi connectivity index (χ0) is 12.0. The van der Waals surface area contributed by atoms with E-state index < -0.39 is 0 Å². The number of hydrogen-bond acceptors (Lipinski definition) is 3. The Morgan fingerprint density at radius 1 is 1.35 bits per heavy atom. The summed E-state index contributed by atoms with van der Waals surface area (Å²) in [5.74, 6) is -0.215. The summed E-state index contributed by atoms with van der Waals surface area (Å²) in [5, 5.41) is 0. The highest BCUT2D eigenvalue weighted by atomic mass is 16.5. The number of esters is 1. The molecule has 1 atom stereocenters. The summed E-state index contributed by atoms with van der Waals surface area (Å²) < 4.78 is 4.81. The van der Waals surface area contributed by atoms with Gasteiger partial charge in [0.15, 0.2) is 0 Å². The third-order valence-corrected chi connectivity index (χ3v) is 3.38. The van der Waals surface area contributed by atoms with E-state index in [1.165, 1.54) is 18.2 Å². The summed E-state index contributed by atoms with van der Waals surface area (Å²) in [7, 11) is 3.34. The van der Waals surface area contributed by atoms with E-state index in [0.29, 0.717) is 0 Å². The van der Waals surface area contributed by atoms with Crippen LogP contribution in [0, 0.1) is 0 Å². The zero-order valence-electron chi connectivity index (χ0n) is 9.81. The van der Waals surface area contributed by atoms with Crippen molar-refractivity contribution in [2.75, 3.05) is 14.2 Å². The molecule has 0 saturated carbocycles. The van der Waals surface area contributed by atoms with E-state index in [9.17, 15) is 4.79 Å². The van der Waals surface area contributed by atoms with Crippen LogP contribution in [0.15, 0.2) is 36.0 Å². The first-order valence-electron chi connectivity index (χ1n) is 5.56. The number of carbonyl (C=O) groups excluding carboxylic acids is 1. The maximum Gasteiger partial charge on any atom is 0.332 e. The number of hydrogen-bond donors (Lipinski definition) is 0. The van der Waals surface area contributed by atoms with Gasteiger partial charge in [-0.2, -0.15) is 0 Å². The van der Waals surface area contributed by atoms with Crippen LogP contribution in [0.5, 0.6) is 0 Å². The van der Waals surface area contributed by atoms with E-state index >= 15 is 0 Å². The van der Waals surface area contributed by atoms with Crippen molar-refractivity contribution in [1.29, 1.82) is 0 Å². The van der Waals surface area contributed by atoms with Crippen LogP contribution < -0.4 is 0 Å². The molecule has 1 heterocycles. The number of benzene rings is 1. The van der Waals surface area contributed by atoms with Crippen molar-refractivity contribution in [2.45, 2.75) is 6.04 Å². The standard InChI is InChI=1S/C14H13NO2/c1-15-12-7-9-5-3-4-6-10(9)11(12)8-13(15)14(16)17-2/h3-8,13H,1-2H3. The number of rotatable bonds is 1. The lowest BCUT2D eigenvalue weighted by Gasteiger charge is -2.20. The molecule has 86 valence electrons. The molecule has 3 heteroatoms. The van der Waals surface area contributed by atoms with E-state index in [0.717, 1.165) is 11.3 Å². The van der Waals surface area contributed by atoms with Crippen molar-refractivity contribution in [2.24, 2.45) is 0 Å². The van der Waals surface area contributed by atoms with Gasteiger partial charge in [-0.25, -0.2) is 4.79 Å². The molecule has 3 rings (SSSR count). The Hall–Kier alpha value is -2.03. The third-order valence-electron chi connectivity index (χ3n) is 3.38. The highest BCUT2D eigenvalue weighted by Crippen LogP contribution is 2.42. The van der Waals surface area contributed by atoms with Crippen LogP contribution >= 0.6 is 0 Å². The topological polar surface area (TPSA) is 29.5 Å². The van der Waals surface area contributed by atoms with E-state index in [-0.39, 0.29) is 12.0 Å². The Morgan fingerprint density at radius 2 is 2.12 bits per heavy atom. The number of likely N-dealkylation sites (N-methyl/N-ethyl adjacent to an activating group) is 1. The van der Waals surface area contributed by atoms with Gasteiger partial charge in [-0.1, -0.05) is 24.3 Å². The Labute approximate surface area is 100.0 Å². The van der Waals surface area contributed by atoms with Crippen molar-refractivity contribution >= 4 is 17.6 Å². The molecule has 0 radical (unpaired) electrons. The molecule has 0 saturated heterocycles. The van der Waals surface area contributed by atoms with Crippen molar-refractivity contribution in [3.63, 3.8) is 0 Å². The molecule has 0 aromatic heterocycles. The van der Waals surface area contributed by atoms with Crippen molar-refractivity contribution in [3.05, 3.63) is 47.2 Å². The molecule has 2 aliphatic rings. The molecular weight excluding hydrogens is 214 g/mol. The second-order valence-corrected chi connectivity index (χ2v) is 4.28. The summed E-state index contributed by atoms with van der Waals surface area (Å²) in [6.07, 6.45) is 4.09. The normalized spacial score (nSPS) is 20.6. The van der Waals surface area contributed by atoms with Crippen LogP contribution in [-0.2, 0) is 9.53 Å². The van der Waals surface area contributed by atoms with Gasteiger partial charge in [0.05, 0.1) is 7.11 Å². The van der Waals surface area contributed by atoms with Crippen LogP contribution in [0.2, 0.25) is 0 Å². The third kappa shape index (κ3) is 1.32. The smallest absolute Gasteiger partial charge is 0.332 e. The second-order valence-electron chi connectivity index (χ2n) is 4.28. The van der Waals surface area contributed by atoms with Crippen molar-refractivity contribution < 1.29 is 9.53 Å². The highest BCUT2D eigenvalue weighted by molar-refractivity contribution is 5.99. The fourth-order valence-corrected chi connectivity index (χ4v) is 2.46. The molecule has 1 aliphatic carbocycles. The Bertz CT molecular complexity index is 557. The molecule has 0 spiro atoms. The highest BCUT2D eigenvalue weighted by Gasteiger charge is 2.35. The Morgan fingerprint density at radius 3 is 2.88 bits per heavy atom. The largest absolute Gasteiger partial charge is 0.467 e. The molecule has 1 aliphatic heterocycles. The van der Waals surface area contributed by atoms with E-state index in [4.69, 9.17) is 4.74 Å². The number of nitrogens with zero attached hydrogens (tertiary/aromatic N) is 1. The average molecular weight is 227 g/mol. The monoisotopic (exact) mass is 227 g/mol. The Kier molecular flexibility index (Phi) is 2.08. The quantitative estimate of drug-likeness (QED) is 0.686. The molecule has 0 fully saturated rings.